The predicted octanol–water partition coefficient (Wildman–Crippen LogP) is 1.81. The summed E-state index contributed by atoms with van der Waals surface area (Å²) in [7, 11) is 0. The molecule has 0 aliphatic carbocycles. The molecule has 1 heterocycles. The molecule has 1 aromatic rings. The van der Waals surface area contributed by atoms with Gasteiger partial charge >= 0.3 is 6.09 Å². The Kier molecular flexibility index (Phi) is 5.27. The van der Waals surface area contributed by atoms with Crippen molar-refractivity contribution in [3.05, 3.63) is 6.20 Å². The molecule has 0 fully saturated rings. The Hall–Kier alpha value is -1.24. The molecule has 0 aliphatic rings. The Morgan fingerprint density at radius 1 is 1.59 bits per heavy atom. The quantitative estimate of drug-likeness (QED) is 0.622. The summed E-state index contributed by atoms with van der Waals surface area (Å²) >= 11 is 1.62. The summed E-state index contributed by atoms with van der Waals surface area (Å²) in [5, 5.41) is 13.7. The molecule has 7 heteroatoms. The van der Waals surface area contributed by atoms with Gasteiger partial charge in [-0.25, -0.2) is 4.79 Å². The number of hydrogen-bond acceptors (Lipinski definition) is 5. The second-order valence-electron chi connectivity index (χ2n) is 4.45. The number of amides is 1. The third-order valence-electron chi connectivity index (χ3n) is 1.64. The average Bonchev–Trinajstić information content (AvgIpc) is 2.67. The summed E-state index contributed by atoms with van der Waals surface area (Å²) in [6.45, 7) is 6.12. The van der Waals surface area contributed by atoms with Crippen molar-refractivity contribution in [3.63, 3.8) is 0 Å². The van der Waals surface area contributed by atoms with Crippen molar-refractivity contribution >= 4 is 17.9 Å². The summed E-state index contributed by atoms with van der Waals surface area (Å²) in [6, 6.07) is 0. The molecule has 96 valence electrons. The van der Waals surface area contributed by atoms with Crippen LogP contribution >= 0.6 is 11.8 Å². The number of carbonyl (C=O) groups is 1. The van der Waals surface area contributed by atoms with Gasteiger partial charge < -0.3 is 10.1 Å². The number of ether oxygens (including phenoxy) is 1. The van der Waals surface area contributed by atoms with Gasteiger partial charge in [0.1, 0.15) is 10.6 Å². The minimum atomic E-state index is -0.444. The first-order valence-electron chi connectivity index (χ1n) is 5.43. The van der Waals surface area contributed by atoms with Gasteiger partial charge in [0.15, 0.2) is 0 Å². The van der Waals surface area contributed by atoms with Crippen LogP contribution in [0.3, 0.4) is 0 Å². The van der Waals surface area contributed by atoms with Gasteiger partial charge in [0, 0.05) is 12.3 Å². The monoisotopic (exact) mass is 258 g/mol. The first kappa shape index (κ1) is 13.8. The van der Waals surface area contributed by atoms with Crippen LogP contribution in [0.5, 0.6) is 0 Å². The SMILES string of the molecule is CC(C)(C)OC(=O)NCCCSc1cnn[nH]1. The van der Waals surface area contributed by atoms with Crippen LogP contribution in [0, 0.1) is 0 Å². The predicted molar refractivity (Wildman–Crippen MR) is 66.0 cm³/mol. The third-order valence-corrected chi connectivity index (χ3v) is 2.64. The molecule has 0 unspecified atom stereocenters. The Labute approximate surface area is 105 Å². The van der Waals surface area contributed by atoms with Crippen molar-refractivity contribution in [3.8, 4) is 0 Å². The molecule has 0 aromatic carbocycles. The van der Waals surface area contributed by atoms with Crippen molar-refractivity contribution in [1.82, 2.24) is 20.7 Å². The van der Waals surface area contributed by atoms with Gasteiger partial charge in [0.25, 0.3) is 0 Å². The topological polar surface area (TPSA) is 79.9 Å². The number of H-pyrrole nitrogens is 1. The average molecular weight is 258 g/mol. The molecule has 0 saturated carbocycles. The number of alkyl carbamates (subject to hydrolysis) is 1. The number of hydrogen-bond donors (Lipinski definition) is 2. The molecule has 0 saturated heterocycles. The van der Waals surface area contributed by atoms with Crippen LogP contribution in [0.2, 0.25) is 0 Å². The van der Waals surface area contributed by atoms with Gasteiger partial charge in [-0.1, -0.05) is 5.21 Å². The highest BCUT2D eigenvalue weighted by Crippen LogP contribution is 2.13. The van der Waals surface area contributed by atoms with Crippen molar-refractivity contribution < 1.29 is 9.53 Å². The lowest BCUT2D eigenvalue weighted by molar-refractivity contribution is 0.0528. The van der Waals surface area contributed by atoms with E-state index >= 15 is 0 Å². The van der Waals surface area contributed by atoms with Crippen molar-refractivity contribution in [1.29, 1.82) is 0 Å². The van der Waals surface area contributed by atoms with E-state index in [1.807, 2.05) is 20.8 Å². The highest BCUT2D eigenvalue weighted by Gasteiger charge is 2.15. The molecule has 1 aromatic heterocycles. The largest absolute Gasteiger partial charge is 0.444 e. The van der Waals surface area contributed by atoms with E-state index in [1.165, 1.54) is 0 Å². The van der Waals surface area contributed by atoms with E-state index < -0.39 is 5.60 Å². The van der Waals surface area contributed by atoms with E-state index in [4.69, 9.17) is 4.74 Å². The summed E-state index contributed by atoms with van der Waals surface area (Å²) in [5.41, 5.74) is -0.444. The summed E-state index contributed by atoms with van der Waals surface area (Å²) < 4.78 is 5.11. The van der Waals surface area contributed by atoms with E-state index in [9.17, 15) is 4.79 Å². The number of aromatic nitrogens is 3. The second-order valence-corrected chi connectivity index (χ2v) is 5.59. The van der Waals surface area contributed by atoms with E-state index in [0.29, 0.717) is 6.54 Å². The lowest BCUT2D eigenvalue weighted by atomic mass is 10.2. The Morgan fingerprint density at radius 3 is 2.94 bits per heavy atom. The van der Waals surface area contributed by atoms with Crippen LogP contribution in [-0.4, -0.2) is 39.4 Å². The first-order chi connectivity index (χ1) is 7.97. The minimum absolute atomic E-state index is 0.370. The van der Waals surface area contributed by atoms with E-state index in [0.717, 1.165) is 17.2 Å². The Morgan fingerprint density at radius 2 is 2.35 bits per heavy atom. The molecule has 0 bridgehead atoms. The summed E-state index contributed by atoms with van der Waals surface area (Å²) in [6.07, 6.45) is 2.17. The zero-order valence-electron chi connectivity index (χ0n) is 10.3. The molecule has 17 heavy (non-hydrogen) atoms. The van der Waals surface area contributed by atoms with Gasteiger partial charge in [0.05, 0.1) is 6.20 Å². The molecule has 0 atom stereocenters. The number of thioether (sulfide) groups is 1. The first-order valence-corrected chi connectivity index (χ1v) is 6.41. The van der Waals surface area contributed by atoms with Crippen LogP contribution in [0.25, 0.3) is 0 Å². The fourth-order valence-corrected chi connectivity index (χ4v) is 1.75. The molecule has 0 radical (unpaired) electrons. The lowest BCUT2D eigenvalue weighted by Gasteiger charge is -2.19. The number of nitrogens with one attached hydrogen (secondary N) is 2. The van der Waals surface area contributed by atoms with E-state index in [-0.39, 0.29) is 6.09 Å². The van der Waals surface area contributed by atoms with Crippen LogP contribution in [0.4, 0.5) is 4.79 Å². The van der Waals surface area contributed by atoms with E-state index in [1.54, 1.807) is 18.0 Å². The molecule has 6 nitrogen and oxygen atoms in total. The Bertz CT molecular complexity index is 335. The van der Waals surface area contributed by atoms with Gasteiger partial charge in [-0.2, -0.15) is 0 Å². The van der Waals surface area contributed by atoms with Crippen molar-refractivity contribution in [2.45, 2.75) is 37.8 Å². The standard InChI is InChI=1S/C10H18N4O2S/c1-10(2,3)16-9(15)11-5-4-6-17-8-7-12-14-13-8/h7H,4-6H2,1-3H3,(H,11,15)(H,12,13,14). The number of aromatic amines is 1. The van der Waals surface area contributed by atoms with Crippen molar-refractivity contribution in [2.24, 2.45) is 0 Å². The maximum atomic E-state index is 11.3. The molecule has 0 aliphatic heterocycles. The van der Waals surface area contributed by atoms with Gasteiger partial charge in [-0.3, -0.25) is 5.10 Å². The minimum Gasteiger partial charge on any atom is -0.444 e. The van der Waals surface area contributed by atoms with Gasteiger partial charge in [0.2, 0.25) is 0 Å². The van der Waals surface area contributed by atoms with E-state index in [2.05, 4.69) is 20.7 Å². The van der Waals surface area contributed by atoms with Crippen LogP contribution in [0.15, 0.2) is 11.2 Å². The summed E-state index contributed by atoms with van der Waals surface area (Å²) in [4.78, 5) is 11.3. The molecule has 1 rings (SSSR count). The fraction of sp³-hybridized carbons (Fsp3) is 0.700. The van der Waals surface area contributed by atoms with Crippen molar-refractivity contribution in [2.75, 3.05) is 12.3 Å². The van der Waals surface area contributed by atoms with Gasteiger partial charge in [-0.15, -0.1) is 16.9 Å². The second kappa shape index (κ2) is 6.48. The number of rotatable bonds is 5. The molecular weight excluding hydrogens is 240 g/mol. The maximum absolute atomic E-state index is 11.3. The van der Waals surface area contributed by atoms with Crippen LogP contribution < -0.4 is 5.32 Å². The third kappa shape index (κ3) is 6.83. The van der Waals surface area contributed by atoms with Gasteiger partial charge in [-0.05, 0) is 27.2 Å². The number of nitrogens with zero attached hydrogens (tertiary/aromatic N) is 2. The Balaban J connectivity index is 2.02. The molecule has 0 spiro atoms. The van der Waals surface area contributed by atoms with Crippen LogP contribution in [0.1, 0.15) is 27.2 Å². The maximum Gasteiger partial charge on any atom is 0.407 e. The molecule has 2 N–H and O–H groups in total. The smallest absolute Gasteiger partial charge is 0.407 e. The lowest BCUT2D eigenvalue weighted by Crippen LogP contribution is -2.33. The zero-order chi connectivity index (χ0) is 12.7. The highest BCUT2D eigenvalue weighted by atomic mass is 32.2. The highest BCUT2D eigenvalue weighted by molar-refractivity contribution is 7.99. The number of carbonyl (C=O) groups excluding carboxylic acids is 1. The fourth-order valence-electron chi connectivity index (χ4n) is 1.02. The van der Waals surface area contributed by atoms with Crippen LogP contribution in [-0.2, 0) is 4.74 Å². The molecule has 1 amide bonds. The zero-order valence-corrected chi connectivity index (χ0v) is 11.1. The normalized spacial score (nSPS) is 11.2. The molecular formula is C10H18N4O2S. The summed E-state index contributed by atoms with van der Waals surface area (Å²) in [5.74, 6) is 0.889.